The van der Waals surface area contributed by atoms with E-state index in [0.29, 0.717) is 33.1 Å². The second-order valence-corrected chi connectivity index (χ2v) is 12.8. The Bertz CT molecular complexity index is 3550. The predicted octanol–water partition coefficient (Wildman–Crippen LogP) is 14.9. The Morgan fingerprint density at radius 3 is 1.54 bits per heavy atom. The predicted molar refractivity (Wildman–Crippen MR) is 228 cm³/mol. The van der Waals surface area contributed by atoms with Crippen LogP contribution in [-0.2, 0) is 0 Å². The van der Waals surface area contributed by atoms with Crippen LogP contribution in [0.3, 0.4) is 0 Å². The first kappa shape index (κ1) is 21.4. The van der Waals surface area contributed by atoms with Gasteiger partial charge in [-0.15, -0.1) is 0 Å². The number of nitrogens with zero attached hydrogens (tertiary/aromatic N) is 1. The second kappa shape index (κ2) is 13.4. The van der Waals surface area contributed by atoms with Gasteiger partial charge in [-0.05, 0) is 98.1 Å². The first-order valence-corrected chi connectivity index (χ1v) is 17.4. The number of fused-ring (bicyclic) bond motifs is 4. The zero-order valence-electron chi connectivity index (χ0n) is 40.6. The zero-order chi connectivity index (χ0) is 46.3. The molecule has 254 valence electrons. The van der Waals surface area contributed by atoms with E-state index < -0.39 is 89.6 Å². The van der Waals surface area contributed by atoms with Gasteiger partial charge < -0.3 is 9.32 Å². The highest BCUT2D eigenvalue weighted by Gasteiger charge is 2.21. The third kappa shape index (κ3) is 5.71. The standard InChI is InChI=1S/C52H35NO/c1-3-12-36(13-4-1)38-22-24-39(25-23-38)41-28-32-45(33-29-41)53(44-30-26-40(27-31-44)37-14-5-2-6-15-37)49-20-10-9-18-46(49)47-19-11-21-50-52(47)48-34-42-16-7-8-17-43(42)35-51(48)54-50/h1-35H/i9D,10D,18D,20D,26D,27D,28D,29D,30D,31D,32D,33D. The lowest BCUT2D eigenvalue weighted by atomic mass is 9.96. The summed E-state index contributed by atoms with van der Waals surface area (Å²) in [5, 5.41) is 2.87. The number of hydrogen-bond donors (Lipinski definition) is 0. The molecule has 2 heteroatoms. The molecule has 10 aromatic rings. The summed E-state index contributed by atoms with van der Waals surface area (Å²) in [4.78, 5) is 0.961. The largest absolute Gasteiger partial charge is 0.456 e. The minimum atomic E-state index is -0.722. The number of hydrogen-bond acceptors (Lipinski definition) is 2. The average Bonchev–Trinajstić information content (AvgIpc) is 3.70. The quantitative estimate of drug-likeness (QED) is 0.164. The summed E-state index contributed by atoms with van der Waals surface area (Å²) in [7, 11) is 0. The van der Waals surface area contributed by atoms with Crippen molar-refractivity contribution in [2.45, 2.75) is 0 Å². The van der Waals surface area contributed by atoms with Crippen LogP contribution in [-0.4, -0.2) is 0 Å². The highest BCUT2D eigenvalue weighted by molar-refractivity contribution is 6.16. The van der Waals surface area contributed by atoms with Crippen molar-refractivity contribution in [1.82, 2.24) is 0 Å². The van der Waals surface area contributed by atoms with Gasteiger partial charge in [-0.2, -0.15) is 0 Å². The van der Waals surface area contributed by atoms with Crippen LogP contribution in [0.4, 0.5) is 17.1 Å². The van der Waals surface area contributed by atoms with E-state index in [1.165, 1.54) is 0 Å². The van der Waals surface area contributed by atoms with Crippen LogP contribution in [0.5, 0.6) is 0 Å². The number of furan rings is 1. The van der Waals surface area contributed by atoms with Crippen molar-refractivity contribution in [3.8, 4) is 44.5 Å². The summed E-state index contributed by atoms with van der Waals surface area (Å²) in [6.07, 6.45) is 0. The van der Waals surface area contributed by atoms with Crippen molar-refractivity contribution in [2.24, 2.45) is 0 Å². The van der Waals surface area contributed by atoms with E-state index in [0.717, 1.165) is 26.8 Å². The molecule has 1 heterocycles. The molecule has 0 fully saturated rings. The molecule has 0 radical (unpaired) electrons. The number of anilines is 3. The molecule has 0 spiro atoms. The summed E-state index contributed by atoms with van der Waals surface area (Å²) in [5.41, 5.74) is 1.90. The third-order valence-corrected chi connectivity index (χ3v) is 9.54. The Morgan fingerprint density at radius 2 is 0.907 bits per heavy atom. The molecule has 10 rings (SSSR count). The maximum Gasteiger partial charge on any atom is 0.136 e. The molecule has 9 aromatic carbocycles. The summed E-state index contributed by atoms with van der Waals surface area (Å²) >= 11 is 0. The highest BCUT2D eigenvalue weighted by Crippen LogP contribution is 2.45. The molecule has 2 nitrogen and oxygen atoms in total. The van der Waals surface area contributed by atoms with Gasteiger partial charge in [-0.1, -0.05) is 164 Å². The molecule has 0 atom stereocenters. The zero-order valence-corrected chi connectivity index (χ0v) is 28.6. The molecule has 0 N–H and O–H groups in total. The van der Waals surface area contributed by atoms with E-state index in [2.05, 4.69) is 0 Å². The van der Waals surface area contributed by atoms with Crippen molar-refractivity contribution in [2.75, 3.05) is 4.90 Å². The molecule has 0 amide bonds. The Hall–Kier alpha value is -7.16. The summed E-state index contributed by atoms with van der Waals surface area (Å²) in [6.45, 7) is 0. The van der Waals surface area contributed by atoms with Crippen LogP contribution >= 0.6 is 0 Å². The summed E-state index contributed by atoms with van der Waals surface area (Å²) < 4.78 is 120. The third-order valence-electron chi connectivity index (χ3n) is 9.54. The monoisotopic (exact) mass is 701 g/mol. The van der Waals surface area contributed by atoms with Crippen molar-refractivity contribution in [1.29, 1.82) is 0 Å². The SMILES string of the molecule is [2H]c1c([2H])c([2H])c(N(c2c([2H])c([2H])c(-c3ccccc3)c([2H])c2[2H])c2c([2H])c([2H])c(-c3ccc(-c4ccccc4)cc3)c([2H])c2[2H])c(-c2cccc3oc4cc5ccccc5cc4c23)c1[2H]. The van der Waals surface area contributed by atoms with E-state index in [4.69, 9.17) is 7.16 Å². The maximum absolute atomic E-state index is 9.68. The Kier molecular flexibility index (Phi) is 5.32. The van der Waals surface area contributed by atoms with Gasteiger partial charge in [0.05, 0.1) is 22.1 Å². The van der Waals surface area contributed by atoms with Crippen LogP contribution in [0, 0.1) is 0 Å². The van der Waals surface area contributed by atoms with Crippen LogP contribution < -0.4 is 4.90 Å². The topological polar surface area (TPSA) is 16.4 Å². The van der Waals surface area contributed by atoms with Gasteiger partial charge in [0, 0.05) is 27.7 Å². The van der Waals surface area contributed by atoms with Gasteiger partial charge in [0.15, 0.2) is 0 Å². The summed E-state index contributed by atoms with van der Waals surface area (Å²) in [5.74, 6) is 0. The Balaban J connectivity index is 1.32. The van der Waals surface area contributed by atoms with Crippen molar-refractivity contribution >= 4 is 49.8 Å². The molecule has 1 aromatic heterocycles. The van der Waals surface area contributed by atoms with Gasteiger partial charge in [-0.3, -0.25) is 0 Å². The first-order chi connectivity index (χ1) is 31.8. The fourth-order valence-corrected chi connectivity index (χ4v) is 6.91. The smallest absolute Gasteiger partial charge is 0.136 e. The molecule has 0 aliphatic rings. The molecule has 0 bridgehead atoms. The number of para-hydroxylation sites is 1. The fourth-order valence-electron chi connectivity index (χ4n) is 6.91. The van der Waals surface area contributed by atoms with E-state index in [1.807, 2.05) is 78.9 Å². The van der Waals surface area contributed by atoms with Gasteiger partial charge in [0.2, 0.25) is 0 Å². The van der Waals surface area contributed by atoms with Crippen molar-refractivity contribution in [3.05, 3.63) is 212 Å². The van der Waals surface area contributed by atoms with E-state index in [9.17, 15) is 13.7 Å². The van der Waals surface area contributed by atoms with Gasteiger partial charge in [0.25, 0.3) is 0 Å². The van der Waals surface area contributed by atoms with Gasteiger partial charge >= 0.3 is 0 Å². The van der Waals surface area contributed by atoms with E-state index in [1.54, 1.807) is 60.7 Å². The van der Waals surface area contributed by atoms with E-state index >= 15 is 0 Å². The summed E-state index contributed by atoms with van der Waals surface area (Å²) in [6, 6.07) is 34.3. The average molecular weight is 702 g/mol. The minimum Gasteiger partial charge on any atom is -0.456 e. The molecule has 0 unspecified atom stereocenters. The van der Waals surface area contributed by atoms with Crippen LogP contribution in [0.1, 0.15) is 16.4 Å². The lowest BCUT2D eigenvalue weighted by Gasteiger charge is -2.28. The first-order valence-electron chi connectivity index (χ1n) is 23.4. The molecular weight excluding hydrogens is 655 g/mol. The van der Waals surface area contributed by atoms with Crippen LogP contribution in [0.25, 0.3) is 77.2 Å². The van der Waals surface area contributed by atoms with Gasteiger partial charge in [0.1, 0.15) is 11.2 Å². The van der Waals surface area contributed by atoms with E-state index in [-0.39, 0.29) is 22.3 Å². The minimum absolute atomic E-state index is 0.0415. The second-order valence-electron chi connectivity index (χ2n) is 12.8. The molecule has 54 heavy (non-hydrogen) atoms. The molecule has 0 saturated carbocycles. The fraction of sp³-hybridized carbons (Fsp3) is 0. The highest BCUT2D eigenvalue weighted by atomic mass is 16.3. The maximum atomic E-state index is 9.68. The lowest BCUT2D eigenvalue weighted by Crippen LogP contribution is -2.11. The van der Waals surface area contributed by atoms with Crippen LogP contribution in [0.2, 0.25) is 0 Å². The normalized spacial score (nSPS) is 14.4. The van der Waals surface area contributed by atoms with Crippen LogP contribution in [0.15, 0.2) is 216 Å². The number of benzene rings is 9. The molecule has 0 saturated heterocycles. The molecular formula is C52H35NO. The molecule has 0 aliphatic carbocycles. The van der Waals surface area contributed by atoms with Crippen molar-refractivity contribution < 1.29 is 20.9 Å². The lowest BCUT2D eigenvalue weighted by molar-refractivity contribution is 0.669. The number of rotatable bonds is 7. The van der Waals surface area contributed by atoms with Crippen molar-refractivity contribution in [3.63, 3.8) is 0 Å². The van der Waals surface area contributed by atoms with Gasteiger partial charge in [-0.25, -0.2) is 0 Å². The molecule has 0 aliphatic heterocycles. The Morgan fingerprint density at radius 1 is 0.389 bits per heavy atom. The Labute approximate surface area is 331 Å².